The molecule has 0 aromatic heterocycles. The van der Waals surface area contributed by atoms with Crippen molar-refractivity contribution in [2.75, 3.05) is 6.54 Å². The number of nitrogens with two attached hydrogens (primary N) is 1. The number of alkyl halides is 3. The Kier molecular flexibility index (Phi) is 5.26. The molecule has 1 aliphatic heterocycles. The Bertz CT molecular complexity index is 1190. The SMILES string of the molecule is NC1(C(=O)c2ccccc2-c2ccc(C(F)(F)F)cc2)c2ccccc2CCN1C(=O)O. The maximum absolute atomic E-state index is 13.8. The van der Waals surface area contributed by atoms with Gasteiger partial charge in [0, 0.05) is 17.7 Å². The number of rotatable bonds is 3. The third kappa shape index (κ3) is 3.52. The summed E-state index contributed by atoms with van der Waals surface area (Å²) in [5, 5.41) is 9.78. The number of hydrogen-bond acceptors (Lipinski definition) is 3. The lowest BCUT2D eigenvalue weighted by atomic mass is 9.81. The predicted octanol–water partition coefficient (Wildman–Crippen LogP) is 4.90. The third-order valence-corrected chi connectivity index (χ3v) is 5.73. The van der Waals surface area contributed by atoms with Gasteiger partial charge in [0.05, 0.1) is 5.56 Å². The molecular formula is C24H19F3N2O3. The zero-order chi connectivity index (χ0) is 23.1. The number of hydrogen-bond donors (Lipinski definition) is 2. The Labute approximate surface area is 181 Å². The number of carbonyl (C=O) groups excluding carboxylic acids is 1. The van der Waals surface area contributed by atoms with Crippen molar-refractivity contribution >= 4 is 11.9 Å². The summed E-state index contributed by atoms with van der Waals surface area (Å²) in [5.74, 6) is -0.650. The minimum atomic E-state index is -4.48. The Morgan fingerprint density at radius 3 is 2.22 bits per heavy atom. The Hall–Kier alpha value is -3.65. The molecule has 32 heavy (non-hydrogen) atoms. The average Bonchev–Trinajstić information content (AvgIpc) is 2.78. The lowest BCUT2D eigenvalue weighted by Gasteiger charge is -2.43. The summed E-state index contributed by atoms with van der Waals surface area (Å²) >= 11 is 0. The van der Waals surface area contributed by atoms with Crippen LogP contribution in [0.3, 0.4) is 0 Å². The third-order valence-electron chi connectivity index (χ3n) is 5.73. The van der Waals surface area contributed by atoms with Crippen molar-refractivity contribution in [2.45, 2.75) is 18.3 Å². The van der Waals surface area contributed by atoms with Crippen LogP contribution in [0.15, 0.2) is 72.8 Å². The van der Waals surface area contributed by atoms with Crippen molar-refractivity contribution < 1.29 is 27.9 Å². The number of benzene rings is 3. The predicted molar refractivity (Wildman–Crippen MR) is 112 cm³/mol. The zero-order valence-corrected chi connectivity index (χ0v) is 16.8. The van der Waals surface area contributed by atoms with Gasteiger partial charge in [0.25, 0.3) is 0 Å². The number of Topliss-reactive ketones (excluding diaryl/α,β-unsaturated/α-hetero) is 1. The molecule has 0 fully saturated rings. The first-order chi connectivity index (χ1) is 15.1. The van der Waals surface area contributed by atoms with Gasteiger partial charge in [-0.25, -0.2) is 4.79 Å². The maximum Gasteiger partial charge on any atom is 0.416 e. The molecule has 0 spiro atoms. The van der Waals surface area contributed by atoms with Crippen LogP contribution in [-0.4, -0.2) is 28.4 Å². The maximum atomic E-state index is 13.8. The van der Waals surface area contributed by atoms with Gasteiger partial charge < -0.3 is 5.11 Å². The zero-order valence-electron chi connectivity index (χ0n) is 16.8. The largest absolute Gasteiger partial charge is 0.465 e. The number of fused-ring (bicyclic) bond motifs is 1. The Morgan fingerprint density at radius 2 is 1.56 bits per heavy atom. The molecule has 1 atom stereocenters. The van der Waals surface area contributed by atoms with Crippen LogP contribution in [0.1, 0.15) is 27.0 Å². The van der Waals surface area contributed by atoms with Crippen LogP contribution >= 0.6 is 0 Å². The summed E-state index contributed by atoms with van der Waals surface area (Å²) in [4.78, 5) is 26.7. The molecule has 1 amide bonds. The van der Waals surface area contributed by atoms with Gasteiger partial charge in [-0.15, -0.1) is 0 Å². The molecule has 1 aliphatic rings. The lowest BCUT2D eigenvalue weighted by Crippen LogP contribution is -2.63. The van der Waals surface area contributed by atoms with Crippen LogP contribution in [0.5, 0.6) is 0 Å². The second kappa shape index (κ2) is 7.80. The van der Waals surface area contributed by atoms with E-state index in [1.807, 2.05) is 0 Å². The van der Waals surface area contributed by atoms with Crippen LogP contribution in [0.25, 0.3) is 11.1 Å². The first-order valence-corrected chi connectivity index (χ1v) is 9.83. The monoisotopic (exact) mass is 440 g/mol. The number of amides is 1. The highest BCUT2D eigenvalue weighted by atomic mass is 19.4. The molecule has 4 rings (SSSR count). The molecule has 164 valence electrons. The molecule has 8 heteroatoms. The topological polar surface area (TPSA) is 83.6 Å². The number of ketones is 1. The first kappa shape index (κ1) is 21.6. The van der Waals surface area contributed by atoms with E-state index in [1.165, 1.54) is 18.2 Å². The molecule has 0 saturated carbocycles. The van der Waals surface area contributed by atoms with Gasteiger partial charge in [-0.2, -0.15) is 13.2 Å². The van der Waals surface area contributed by atoms with Gasteiger partial charge in [0.1, 0.15) is 0 Å². The fraction of sp³-hybridized carbons (Fsp3) is 0.167. The summed E-state index contributed by atoms with van der Waals surface area (Å²) in [5.41, 5.74) is 5.82. The van der Waals surface area contributed by atoms with Crippen molar-refractivity contribution in [3.8, 4) is 11.1 Å². The van der Waals surface area contributed by atoms with Gasteiger partial charge in [-0.05, 0) is 35.2 Å². The summed E-state index contributed by atoms with van der Waals surface area (Å²) in [6, 6.07) is 17.7. The van der Waals surface area contributed by atoms with E-state index in [4.69, 9.17) is 5.73 Å². The van der Waals surface area contributed by atoms with Gasteiger partial charge in [-0.1, -0.05) is 60.7 Å². The van der Waals surface area contributed by atoms with Crippen LogP contribution in [0.4, 0.5) is 18.0 Å². The number of carboxylic acid groups (broad SMARTS) is 1. The molecule has 1 heterocycles. The average molecular weight is 440 g/mol. The highest BCUT2D eigenvalue weighted by molar-refractivity contribution is 6.09. The van der Waals surface area contributed by atoms with Crippen LogP contribution in [0, 0.1) is 0 Å². The first-order valence-electron chi connectivity index (χ1n) is 9.83. The molecule has 3 N–H and O–H groups in total. The van der Waals surface area contributed by atoms with E-state index < -0.39 is 29.3 Å². The molecule has 5 nitrogen and oxygen atoms in total. The standard InChI is InChI=1S/C24H19F3N2O3/c25-24(26,27)17-11-9-15(10-12-17)18-6-2-3-7-19(18)21(30)23(28)20-8-4-1-5-16(20)13-14-29(23)22(31)32/h1-12H,13-14,28H2,(H,31,32). The molecule has 0 radical (unpaired) electrons. The van der Waals surface area contributed by atoms with Crippen LogP contribution in [-0.2, 0) is 18.3 Å². The molecule has 0 aliphatic carbocycles. The van der Waals surface area contributed by atoms with Crippen molar-refractivity contribution in [3.05, 3.63) is 95.1 Å². The van der Waals surface area contributed by atoms with Crippen molar-refractivity contribution in [3.63, 3.8) is 0 Å². The van der Waals surface area contributed by atoms with Gasteiger partial charge in [0.2, 0.25) is 5.78 Å². The lowest BCUT2D eigenvalue weighted by molar-refractivity contribution is -0.137. The highest BCUT2D eigenvalue weighted by Crippen LogP contribution is 2.37. The smallest absolute Gasteiger partial charge is 0.416 e. The second-order valence-corrected chi connectivity index (χ2v) is 7.56. The van der Waals surface area contributed by atoms with E-state index in [0.717, 1.165) is 22.6 Å². The highest BCUT2D eigenvalue weighted by Gasteiger charge is 2.49. The Balaban J connectivity index is 1.84. The second-order valence-electron chi connectivity index (χ2n) is 7.56. The van der Waals surface area contributed by atoms with E-state index in [0.29, 0.717) is 23.1 Å². The molecule has 3 aromatic rings. The fourth-order valence-electron chi connectivity index (χ4n) is 4.13. The van der Waals surface area contributed by atoms with E-state index in [9.17, 15) is 27.9 Å². The molecular weight excluding hydrogens is 421 g/mol. The Morgan fingerprint density at radius 1 is 0.938 bits per heavy atom. The minimum absolute atomic E-state index is 0.0387. The molecule has 0 saturated heterocycles. The summed E-state index contributed by atoms with van der Waals surface area (Å²) in [6.45, 7) is 0.0387. The van der Waals surface area contributed by atoms with Crippen LogP contribution < -0.4 is 5.73 Å². The quantitative estimate of drug-likeness (QED) is 0.568. The number of carbonyl (C=O) groups is 2. The van der Waals surface area contributed by atoms with Gasteiger partial charge in [-0.3, -0.25) is 15.4 Å². The number of nitrogens with zero attached hydrogens (tertiary/aromatic N) is 1. The van der Waals surface area contributed by atoms with Gasteiger partial charge >= 0.3 is 12.3 Å². The minimum Gasteiger partial charge on any atom is -0.465 e. The fourth-order valence-corrected chi connectivity index (χ4v) is 4.13. The number of halogens is 3. The summed E-state index contributed by atoms with van der Waals surface area (Å²) < 4.78 is 38.9. The van der Waals surface area contributed by atoms with Crippen molar-refractivity contribution in [2.24, 2.45) is 5.73 Å². The van der Waals surface area contributed by atoms with Crippen molar-refractivity contribution in [1.82, 2.24) is 4.90 Å². The van der Waals surface area contributed by atoms with E-state index >= 15 is 0 Å². The molecule has 3 aromatic carbocycles. The van der Waals surface area contributed by atoms with E-state index in [2.05, 4.69) is 0 Å². The van der Waals surface area contributed by atoms with Gasteiger partial charge in [0.15, 0.2) is 5.66 Å². The summed E-state index contributed by atoms with van der Waals surface area (Å²) in [7, 11) is 0. The normalized spacial score (nSPS) is 18.2. The van der Waals surface area contributed by atoms with Crippen molar-refractivity contribution in [1.29, 1.82) is 0 Å². The van der Waals surface area contributed by atoms with Crippen LogP contribution in [0.2, 0.25) is 0 Å². The molecule has 0 bridgehead atoms. The molecule has 1 unspecified atom stereocenters. The summed E-state index contributed by atoms with van der Waals surface area (Å²) in [6.07, 6.45) is -5.40. The van der Waals surface area contributed by atoms with E-state index in [1.54, 1.807) is 42.5 Å². The van der Waals surface area contributed by atoms with E-state index in [-0.39, 0.29) is 12.1 Å².